The van der Waals surface area contributed by atoms with Crippen molar-refractivity contribution in [3.63, 3.8) is 0 Å². The zero-order valence-corrected chi connectivity index (χ0v) is 11.6. The van der Waals surface area contributed by atoms with E-state index in [0.717, 1.165) is 16.6 Å². The number of carboxylic acid groups (broad SMARTS) is 1. The highest BCUT2D eigenvalue weighted by Gasteiger charge is 2.41. The summed E-state index contributed by atoms with van der Waals surface area (Å²) in [6.07, 6.45) is 1.72. The number of phenolic OH excluding ortho intramolecular Hbond substituents is 1. The predicted octanol–water partition coefficient (Wildman–Crippen LogP) is 1.62. The molecule has 21 heavy (non-hydrogen) atoms. The van der Waals surface area contributed by atoms with E-state index >= 15 is 0 Å². The fourth-order valence-corrected chi connectivity index (χ4v) is 2.63. The van der Waals surface area contributed by atoms with Gasteiger partial charge in [-0.2, -0.15) is 0 Å². The van der Waals surface area contributed by atoms with E-state index in [0.29, 0.717) is 13.1 Å². The van der Waals surface area contributed by atoms with Crippen molar-refractivity contribution in [1.82, 2.24) is 4.98 Å². The average molecular weight is 288 g/mol. The van der Waals surface area contributed by atoms with E-state index in [4.69, 9.17) is 9.84 Å². The average Bonchev–Trinajstić information content (AvgIpc) is 2.41. The fourth-order valence-electron chi connectivity index (χ4n) is 2.63. The number of anilines is 1. The minimum atomic E-state index is -0.970. The molecule has 2 N–H and O–H groups in total. The molecular formula is C15H16N2O4. The molecule has 6 nitrogen and oxygen atoms in total. The molecule has 1 aliphatic rings. The molecule has 0 saturated carbocycles. The first-order chi connectivity index (χ1) is 9.97. The molecule has 6 heteroatoms. The lowest BCUT2D eigenvalue weighted by atomic mass is 9.95. The largest absolute Gasteiger partial charge is 0.508 e. The van der Waals surface area contributed by atoms with Crippen LogP contribution < -0.4 is 4.90 Å². The summed E-state index contributed by atoms with van der Waals surface area (Å²) < 4.78 is 5.40. The van der Waals surface area contributed by atoms with Crippen molar-refractivity contribution in [2.75, 3.05) is 24.6 Å². The van der Waals surface area contributed by atoms with Crippen molar-refractivity contribution in [3.05, 3.63) is 30.5 Å². The van der Waals surface area contributed by atoms with Gasteiger partial charge in [0.15, 0.2) is 0 Å². The summed E-state index contributed by atoms with van der Waals surface area (Å²) in [5.41, 5.74) is -0.473. The molecule has 0 atom stereocenters. The normalized spacial score (nSPS) is 16.7. The van der Waals surface area contributed by atoms with E-state index in [9.17, 15) is 9.90 Å². The summed E-state index contributed by atoms with van der Waals surface area (Å²) in [5, 5.41) is 20.2. The first-order valence-corrected chi connectivity index (χ1v) is 6.65. The Morgan fingerprint density at radius 2 is 2.19 bits per heavy atom. The Balaban J connectivity index is 1.81. The number of aromatic nitrogens is 1. The maximum Gasteiger partial charge on any atom is 0.329 e. The van der Waals surface area contributed by atoms with Crippen LogP contribution >= 0.6 is 0 Å². The lowest BCUT2D eigenvalue weighted by Crippen LogP contribution is -2.62. The molecule has 1 saturated heterocycles. The van der Waals surface area contributed by atoms with E-state index in [1.165, 1.54) is 0 Å². The topological polar surface area (TPSA) is 82.9 Å². The van der Waals surface area contributed by atoms with Crippen LogP contribution in [0.3, 0.4) is 0 Å². The zero-order valence-electron chi connectivity index (χ0n) is 11.6. The number of pyridine rings is 1. The van der Waals surface area contributed by atoms with Gasteiger partial charge in [0.1, 0.15) is 23.8 Å². The maximum atomic E-state index is 10.6. The van der Waals surface area contributed by atoms with Gasteiger partial charge in [-0.15, -0.1) is 0 Å². The third kappa shape index (κ3) is 2.62. The number of hydrogen-bond donors (Lipinski definition) is 2. The quantitative estimate of drug-likeness (QED) is 0.889. The molecular weight excluding hydrogens is 272 g/mol. The maximum absolute atomic E-state index is 10.6. The van der Waals surface area contributed by atoms with Crippen molar-refractivity contribution in [1.29, 1.82) is 0 Å². The molecule has 1 aliphatic heterocycles. The summed E-state index contributed by atoms with van der Waals surface area (Å²) in [4.78, 5) is 17.0. The second-order valence-electron chi connectivity index (χ2n) is 5.53. The van der Waals surface area contributed by atoms with Gasteiger partial charge in [0.2, 0.25) is 0 Å². The molecule has 0 unspecified atom stereocenters. The van der Waals surface area contributed by atoms with E-state index in [2.05, 4.69) is 4.98 Å². The van der Waals surface area contributed by atoms with Crippen LogP contribution in [0.25, 0.3) is 10.8 Å². The monoisotopic (exact) mass is 288 g/mol. The number of carbonyl (C=O) groups is 1. The number of hydrogen-bond acceptors (Lipinski definition) is 5. The molecule has 110 valence electrons. The van der Waals surface area contributed by atoms with Crippen molar-refractivity contribution in [2.45, 2.75) is 12.5 Å². The smallest absolute Gasteiger partial charge is 0.329 e. The summed E-state index contributed by atoms with van der Waals surface area (Å²) in [7, 11) is 0. The second kappa shape index (κ2) is 4.89. The van der Waals surface area contributed by atoms with Gasteiger partial charge >= 0.3 is 5.97 Å². The molecule has 1 aromatic heterocycles. The molecule has 2 heterocycles. The van der Waals surface area contributed by atoms with Crippen molar-refractivity contribution < 1.29 is 19.7 Å². The molecule has 3 rings (SSSR count). The summed E-state index contributed by atoms with van der Waals surface area (Å²) in [6.45, 7) is 2.73. The number of aliphatic carboxylic acids is 1. The van der Waals surface area contributed by atoms with Gasteiger partial charge in [0.25, 0.3) is 0 Å². The number of aromatic hydroxyl groups is 1. The first-order valence-electron chi connectivity index (χ1n) is 6.65. The molecule has 0 spiro atoms. The van der Waals surface area contributed by atoms with Gasteiger partial charge in [-0.1, -0.05) is 6.07 Å². The van der Waals surface area contributed by atoms with Gasteiger partial charge in [-0.3, -0.25) is 0 Å². The van der Waals surface area contributed by atoms with Crippen LogP contribution in [0.15, 0.2) is 30.5 Å². The number of benzene rings is 1. The van der Waals surface area contributed by atoms with Crippen LogP contribution in [0.2, 0.25) is 0 Å². The Bertz CT molecular complexity index is 695. The van der Waals surface area contributed by atoms with Crippen molar-refractivity contribution in [3.8, 4) is 5.75 Å². The van der Waals surface area contributed by atoms with E-state index in [1.807, 2.05) is 24.0 Å². The van der Waals surface area contributed by atoms with Gasteiger partial charge in [0, 0.05) is 11.6 Å². The van der Waals surface area contributed by atoms with Crippen molar-refractivity contribution in [2.24, 2.45) is 0 Å². The number of carboxylic acids is 1. The number of fused-ring (bicyclic) bond motifs is 1. The van der Waals surface area contributed by atoms with Crippen LogP contribution in [0.1, 0.15) is 6.92 Å². The molecule has 1 aromatic carbocycles. The molecule has 2 aromatic rings. The Kier molecular flexibility index (Phi) is 3.17. The Labute approximate surface area is 121 Å². The molecule has 0 radical (unpaired) electrons. The Hall–Kier alpha value is -2.34. The molecule has 0 bridgehead atoms. The minimum Gasteiger partial charge on any atom is -0.508 e. The van der Waals surface area contributed by atoms with Gasteiger partial charge in [0.05, 0.1) is 13.1 Å². The Morgan fingerprint density at radius 3 is 2.90 bits per heavy atom. The number of rotatable bonds is 4. The number of nitrogens with zero attached hydrogens (tertiary/aromatic N) is 2. The van der Waals surface area contributed by atoms with E-state index in [-0.39, 0.29) is 12.4 Å². The fraction of sp³-hybridized carbons (Fsp3) is 0.333. The van der Waals surface area contributed by atoms with E-state index < -0.39 is 11.6 Å². The highest BCUT2D eigenvalue weighted by Crippen LogP contribution is 2.34. The van der Waals surface area contributed by atoms with Crippen LogP contribution in [0.4, 0.5) is 5.82 Å². The standard InChI is InChI=1S/C15H16N2O4/c1-15(21-7-13(19)20)8-17(9-15)14-12-6-11(18)3-2-10(12)4-5-16-14/h2-6,18H,7-9H2,1H3,(H,19,20). The van der Waals surface area contributed by atoms with Crippen LogP contribution in [0.5, 0.6) is 5.75 Å². The highest BCUT2D eigenvalue weighted by atomic mass is 16.5. The van der Waals surface area contributed by atoms with Crippen LogP contribution in [-0.2, 0) is 9.53 Å². The number of phenols is 1. The second-order valence-corrected chi connectivity index (χ2v) is 5.53. The lowest BCUT2D eigenvalue weighted by Gasteiger charge is -2.48. The van der Waals surface area contributed by atoms with Gasteiger partial charge < -0.3 is 19.8 Å². The van der Waals surface area contributed by atoms with Gasteiger partial charge in [-0.25, -0.2) is 9.78 Å². The third-order valence-electron chi connectivity index (χ3n) is 3.62. The summed E-state index contributed by atoms with van der Waals surface area (Å²) in [5.74, 6) is 0.00449. The molecule has 0 amide bonds. The Morgan fingerprint density at radius 1 is 1.43 bits per heavy atom. The van der Waals surface area contributed by atoms with Crippen LogP contribution in [-0.4, -0.2) is 46.5 Å². The minimum absolute atomic E-state index is 0.196. The molecule has 0 aliphatic carbocycles. The SMILES string of the molecule is CC1(OCC(=O)O)CN(c2nccc3ccc(O)cc23)C1. The first kappa shape index (κ1) is 13.6. The predicted molar refractivity (Wildman–Crippen MR) is 77.6 cm³/mol. The lowest BCUT2D eigenvalue weighted by molar-refractivity contribution is -0.150. The highest BCUT2D eigenvalue weighted by molar-refractivity contribution is 5.93. The summed E-state index contributed by atoms with van der Waals surface area (Å²) >= 11 is 0. The molecule has 1 fully saturated rings. The zero-order chi connectivity index (χ0) is 15.0. The van der Waals surface area contributed by atoms with Crippen molar-refractivity contribution >= 4 is 22.6 Å². The summed E-state index contributed by atoms with van der Waals surface area (Å²) in [6, 6.07) is 7.06. The van der Waals surface area contributed by atoms with Gasteiger partial charge in [-0.05, 0) is 30.5 Å². The third-order valence-corrected chi connectivity index (χ3v) is 3.62. The number of ether oxygens (including phenoxy) is 1. The van der Waals surface area contributed by atoms with E-state index in [1.54, 1.807) is 18.3 Å². The van der Waals surface area contributed by atoms with Crippen LogP contribution in [0, 0.1) is 0 Å².